The molecule has 3 aromatic rings. The molecule has 2 heterocycles. The molecule has 0 bridgehead atoms. The number of thiocarbonyl (C=S) groups is 1. The second-order valence-electron chi connectivity index (χ2n) is 8.07. The van der Waals surface area contributed by atoms with E-state index < -0.39 is 0 Å². The summed E-state index contributed by atoms with van der Waals surface area (Å²) in [4.78, 5) is 15.0. The van der Waals surface area contributed by atoms with Crippen molar-refractivity contribution in [3.63, 3.8) is 0 Å². The van der Waals surface area contributed by atoms with E-state index in [9.17, 15) is 4.79 Å². The van der Waals surface area contributed by atoms with E-state index in [4.69, 9.17) is 17.0 Å². The number of thioether (sulfide) groups is 1. The van der Waals surface area contributed by atoms with Gasteiger partial charge < -0.3 is 9.30 Å². The minimum Gasteiger partial charge on any atom is -0.491 e. The maximum atomic E-state index is 12.8. The zero-order valence-electron chi connectivity index (χ0n) is 19.0. The molecule has 0 saturated carbocycles. The van der Waals surface area contributed by atoms with E-state index in [0.29, 0.717) is 34.8 Å². The van der Waals surface area contributed by atoms with Crippen molar-refractivity contribution < 1.29 is 9.53 Å². The third kappa shape index (κ3) is 4.92. The van der Waals surface area contributed by atoms with Gasteiger partial charge in [-0.05, 0) is 36.1 Å². The predicted octanol–water partition coefficient (Wildman–Crippen LogP) is 6.62. The lowest BCUT2D eigenvalue weighted by Crippen LogP contribution is -2.27. The van der Waals surface area contributed by atoms with Gasteiger partial charge in [0.05, 0.1) is 11.4 Å². The first-order valence-electron chi connectivity index (χ1n) is 11.2. The fourth-order valence-corrected chi connectivity index (χ4v) is 5.26. The zero-order chi connectivity index (χ0) is 23.4. The van der Waals surface area contributed by atoms with Gasteiger partial charge in [0.25, 0.3) is 5.91 Å². The van der Waals surface area contributed by atoms with Crippen LogP contribution in [0, 0.1) is 0 Å². The van der Waals surface area contributed by atoms with Gasteiger partial charge in [0.1, 0.15) is 16.7 Å². The minimum atomic E-state index is -0.0632. The fraction of sp³-hybridized carbons (Fsp3) is 0.259. The normalized spacial score (nSPS) is 16.1. The van der Waals surface area contributed by atoms with Crippen LogP contribution in [0.2, 0.25) is 0 Å². The number of hydrogen-bond donors (Lipinski definition) is 0. The molecule has 6 heteroatoms. The number of carbonyl (C=O) groups is 1. The third-order valence-corrected chi connectivity index (χ3v) is 7.32. The summed E-state index contributed by atoms with van der Waals surface area (Å²) in [5.41, 5.74) is 3.37. The van der Waals surface area contributed by atoms with Gasteiger partial charge in [-0.25, -0.2) is 0 Å². The molecule has 1 fully saturated rings. The van der Waals surface area contributed by atoms with Crippen molar-refractivity contribution in [3.05, 3.63) is 83.4 Å². The molecule has 0 N–H and O–H groups in total. The molecule has 0 spiro atoms. The number of hydrogen-bond acceptors (Lipinski definition) is 4. The quantitative estimate of drug-likeness (QED) is 0.197. The van der Waals surface area contributed by atoms with Crippen molar-refractivity contribution in [1.29, 1.82) is 0 Å². The van der Waals surface area contributed by atoms with Gasteiger partial charge >= 0.3 is 0 Å². The average Bonchev–Trinajstić information content (AvgIpc) is 3.31. The van der Waals surface area contributed by atoms with Crippen LogP contribution in [0.4, 0.5) is 0 Å². The Hall–Kier alpha value is -2.83. The van der Waals surface area contributed by atoms with Gasteiger partial charge in [0.15, 0.2) is 0 Å². The molecule has 0 aliphatic carbocycles. The highest BCUT2D eigenvalue weighted by atomic mass is 32.2. The summed E-state index contributed by atoms with van der Waals surface area (Å²) < 4.78 is 8.96. The summed E-state index contributed by atoms with van der Waals surface area (Å²) in [6, 6.07) is 16.5. The van der Waals surface area contributed by atoms with Gasteiger partial charge in [0, 0.05) is 29.2 Å². The van der Waals surface area contributed by atoms with Crippen molar-refractivity contribution in [3.8, 4) is 5.75 Å². The van der Waals surface area contributed by atoms with Gasteiger partial charge in [-0.15, -0.1) is 6.58 Å². The number of aromatic nitrogens is 1. The summed E-state index contributed by atoms with van der Waals surface area (Å²) in [5, 5.41) is 1.10. The van der Waals surface area contributed by atoms with E-state index in [1.807, 2.05) is 30.3 Å². The number of ether oxygens (including phenoxy) is 1. The smallest absolute Gasteiger partial charge is 0.266 e. The van der Waals surface area contributed by atoms with Crippen LogP contribution in [0.25, 0.3) is 17.0 Å². The van der Waals surface area contributed by atoms with Crippen LogP contribution >= 0.6 is 24.0 Å². The van der Waals surface area contributed by atoms with Crippen LogP contribution < -0.4 is 4.74 Å². The minimum absolute atomic E-state index is 0.0632. The predicted molar refractivity (Wildman–Crippen MR) is 143 cm³/mol. The number of carbonyl (C=O) groups excluding carboxylic acids is 1. The van der Waals surface area contributed by atoms with Crippen LogP contribution in [0.15, 0.2) is 72.3 Å². The number of nitrogens with zero attached hydrogens (tertiary/aromatic N) is 2. The number of rotatable bonds is 9. The first-order chi connectivity index (χ1) is 16.0. The second-order valence-corrected chi connectivity index (χ2v) is 9.75. The van der Waals surface area contributed by atoms with E-state index in [1.54, 1.807) is 11.0 Å². The van der Waals surface area contributed by atoms with Crippen LogP contribution in [-0.2, 0) is 11.3 Å². The molecule has 0 unspecified atom stereocenters. The Labute approximate surface area is 204 Å². The van der Waals surface area contributed by atoms with Crippen molar-refractivity contribution in [2.24, 2.45) is 0 Å². The lowest BCUT2D eigenvalue weighted by molar-refractivity contribution is -0.121. The van der Waals surface area contributed by atoms with Gasteiger partial charge in [-0.2, -0.15) is 0 Å². The summed E-state index contributed by atoms with van der Waals surface area (Å²) >= 11 is 6.72. The highest BCUT2D eigenvalue weighted by Crippen LogP contribution is 2.34. The zero-order valence-corrected chi connectivity index (χ0v) is 20.6. The van der Waals surface area contributed by atoms with Crippen molar-refractivity contribution in [2.75, 3.05) is 13.2 Å². The maximum absolute atomic E-state index is 12.8. The maximum Gasteiger partial charge on any atom is 0.266 e. The Kier molecular flexibility index (Phi) is 7.36. The molecule has 4 nitrogen and oxygen atoms in total. The van der Waals surface area contributed by atoms with Crippen LogP contribution in [0.3, 0.4) is 0 Å². The fourth-order valence-electron chi connectivity index (χ4n) is 4.00. The largest absolute Gasteiger partial charge is 0.491 e. The van der Waals surface area contributed by atoms with Gasteiger partial charge in [-0.3, -0.25) is 9.69 Å². The first kappa shape index (κ1) is 23.3. The van der Waals surface area contributed by atoms with Crippen LogP contribution in [-0.4, -0.2) is 32.8 Å². The van der Waals surface area contributed by atoms with E-state index >= 15 is 0 Å². The van der Waals surface area contributed by atoms with Gasteiger partial charge in [0.2, 0.25) is 0 Å². The molecule has 1 aliphatic rings. The Morgan fingerprint density at radius 2 is 1.94 bits per heavy atom. The Bertz CT molecular complexity index is 1230. The van der Waals surface area contributed by atoms with E-state index in [1.165, 1.54) is 17.3 Å². The number of amides is 1. The molecule has 1 aliphatic heterocycles. The number of para-hydroxylation sites is 2. The van der Waals surface area contributed by atoms with Crippen molar-refractivity contribution in [1.82, 2.24) is 9.47 Å². The molecule has 1 amide bonds. The summed E-state index contributed by atoms with van der Waals surface area (Å²) in [6.07, 6.45) is 6.80. The third-order valence-electron chi connectivity index (χ3n) is 5.94. The lowest BCUT2D eigenvalue weighted by atomic mass is 9.98. The monoisotopic (exact) mass is 476 g/mol. The number of fused-ring (bicyclic) bond motifs is 1. The Morgan fingerprint density at radius 3 is 2.73 bits per heavy atom. The van der Waals surface area contributed by atoms with Crippen LogP contribution in [0.5, 0.6) is 5.75 Å². The Morgan fingerprint density at radius 1 is 1.18 bits per heavy atom. The SMILES string of the molecule is C=CCN1C(=O)/C(=C/c2cn(CCOc3ccccc3[C@H](C)CC)c3ccccc23)SC1=S. The first-order valence-corrected chi connectivity index (χ1v) is 12.4. The molecule has 1 saturated heterocycles. The highest BCUT2D eigenvalue weighted by molar-refractivity contribution is 8.26. The molecule has 170 valence electrons. The molecule has 33 heavy (non-hydrogen) atoms. The molecular formula is C27H28N2O2S2. The molecule has 1 atom stereocenters. The van der Waals surface area contributed by atoms with Crippen molar-refractivity contribution >= 4 is 51.2 Å². The van der Waals surface area contributed by atoms with E-state index in [-0.39, 0.29) is 5.91 Å². The highest BCUT2D eigenvalue weighted by Gasteiger charge is 2.31. The molecular weight excluding hydrogens is 448 g/mol. The molecule has 0 radical (unpaired) electrons. The summed E-state index contributed by atoms with van der Waals surface area (Å²) in [6.45, 7) is 9.84. The van der Waals surface area contributed by atoms with Crippen molar-refractivity contribution in [2.45, 2.75) is 32.7 Å². The molecule has 2 aromatic carbocycles. The molecule has 4 rings (SSSR count). The second kappa shape index (κ2) is 10.4. The summed E-state index contributed by atoms with van der Waals surface area (Å²) in [5.74, 6) is 1.35. The topological polar surface area (TPSA) is 34.5 Å². The average molecular weight is 477 g/mol. The molecule has 1 aromatic heterocycles. The summed E-state index contributed by atoms with van der Waals surface area (Å²) in [7, 11) is 0. The van der Waals surface area contributed by atoms with E-state index in [0.717, 1.165) is 28.6 Å². The lowest BCUT2D eigenvalue weighted by Gasteiger charge is -2.16. The Balaban J connectivity index is 1.56. The van der Waals surface area contributed by atoms with Crippen LogP contribution in [0.1, 0.15) is 37.3 Å². The van der Waals surface area contributed by atoms with Gasteiger partial charge in [-0.1, -0.05) is 80.3 Å². The number of benzene rings is 2. The van der Waals surface area contributed by atoms with E-state index in [2.05, 4.69) is 55.5 Å². The standard InChI is InChI=1S/C27H28N2O2S2/c1-4-14-29-26(30)25(33-27(29)32)17-20-18-28(23-12-8-6-11-22(20)23)15-16-31-24-13-9-7-10-21(24)19(3)5-2/h4,6-13,17-19H,1,5,14-16H2,2-3H3/b25-17-/t19-/m1/s1.